The van der Waals surface area contributed by atoms with E-state index in [4.69, 9.17) is 4.98 Å². The van der Waals surface area contributed by atoms with Gasteiger partial charge in [0.25, 0.3) is 0 Å². The monoisotopic (exact) mass is 400 g/mol. The van der Waals surface area contributed by atoms with E-state index in [2.05, 4.69) is 33.4 Å². The zero-order valence-electron chi connectivity index (χ0n) is 17.9. The number of carbonyl (C=O) groups is 1. The van der Waals surface area contributed by atoms with Crippen molar-refractivity contribution in [2.45, 2.75) is 46.0 Å². The molecule has 0 spiro atoms. The van der Waals surface area contributed by atoms with E-state index in [1.807, 2.05) is 45.6 Å². The molecule has 0 amide bonds. The molecule has 0 radical (unpaired) electrons. The third-order valence-corrected chi connectivity index (χ3v) is 6.30. The summed E-state index contributed by atoms with van der Waals surface area (Å²) in [5, 5.41) is 9.18. The van der Waals surface area contributed by atoms with Crippen molar-refractivity contribution in [3.05, 3.63) is 64.5 Å². The Kier molecular flexibility index (Phi) is 3.93. The first-order chi connectivity index (χ1) is 14.3. The van der Waals surface area contributed by atoms with Crippen LogP contribution in [0.4, 0.5) is 0 Å². The Morgan fingerprint density at radius 3 is 2.70 bits per heavy atom. The lowest BCUT2D eigenvalue weighted by molar-refractivity contribution is -0.121. The number of ketones is 1. The largest absolute Gasteiger partial charge is 0.298 e. The van der Waals surface area contributed by atoms with Crippen molar-refractivity contribution in [2.24, 2.45) is 7.05 Å². The molecule has 152 valence electrons. The summed E-state index contributed by atoms with van der Waals surface area (Å²) >= 11 is 0. The van der Waals surface area contributed by atoms with Gasteiger partial charge in [0, 0.05) is 49.0 Å². The lowest BCUT2D eigenvalue weighted by Gasteiger charge is -2.17. The van der Waals surface area contributed by atoms with Gasteiger partial charge in [0.05, 0.1) is 5.69 Å². The molecule has 0 fully saturated rings. The first-order valence-corrected chi connectivity index (χ1v) is 10.1. The van der Waals surface area contributed by atoms with E-state index in [1.165, 1.54) is 0 Å². The highest BCUT2D eigenvalue weighted by Gasteiger charge is 2.37. The average Bonchev–Trinajstić information content (AvgIpc) is 3.28. The number of rotatable bonds is 3. The van der Waals surface area contributed by atoms with E-state index in [0.29, 0.717) is 12.8 Å². The minimum absolute atomic E-state index is 0.276. The van der Waals surface area contributed by atoms with Crippen LogP contribution in [0.3, 0.4) is 0 Å². The molecule has 30 heavy (non-hydrogen) atoms. The summed E-state index contributed by atoms with van der Waals surface area (Å²) in [5.41, 5.74) is 7.46. The van der Waals surface area contributed by atoms with Crippen LogP contribution in [0.25, 0.3) is 16.9 Å². The topological polar surface area (TPSA) is 78.0 Å². The molecule has 3 aromatic heterocycles. The van der Waals surface area contributed by atoms with Crippen LogP contribution in [0.15, 0.2) is 30.6 Å². The highest BCUT2D eigenvalue weighted by molar-refractivity contribution is 5.95. The highest BCUT2D eigenvalue weighted by Crippen LogP contribution is 2.36. The van der Waals surface area contributed by atoms with Crippen molar-refractivity contribution < 1.29 is 4.79 Å². The van der Waals surface area contributed by atoms with Gasteiger partial charge in [0.15, 0.2) is 11.5 Å². The van der Waals surface area contributed by atoms with Gasteiger partial charge in [-0.15, -0.1) is 0 Å². The third kappa shape index (κ3) is 2.69. The molecule has 5 rings (SSSR count). The summed E-state index contributed by atoms with van der Waals surface area (Å²) in [5.74, 6) is 1.01. The molecule has 0 N–H and O–H groups in total. The van der Waals surface area contributed by atoms with Crippen LogP contribution >= 0.6 is 0 Å². The Morgan fingerprint density at radius 1 is 1.17 bits per heavy atom. The molecule has 1 aliphatic carbocycles. The van der Waals surface area contributed by atoms with Gasteiger partial charge in [-0.25, -0.2) is 9.50 Å². The molecule has 0 saturated heterocycles. The summed E-state index contributed by atoms with van der Waals surface area (Å²) < 4.78 is 3.64. The predicted octanol–water partition coefficient (Wildman–Crippen LogP) is 3.14. The Hall–Kier alpha value is -3.35. The van der Waals surface area contributed by atoms with Gasteiger partial charge in [0.1, 0.15) is 11.5 Å². The van der Waals surface area contributed by atoms with Crippen LogP contribution < -0.4 is 0 Å². The van der Waals surface area contributed by atoms with E-state index in [1.54, 1.807) is 10.7 Å². The summed E-state index contributed by atoms with van der Waals surface area (Å²) in [7, 11) is 1.93. The van der Waals surface area contributed by atoms with E-state index in [-0.39, 0.29) is 5.78 Å². The maximum Gasteiger partial charge on any atom is 0.182 e. The number of aromatic nitrogens is 6. The molecule has 1 aromatic carbocycles. The minimum atomic E-state index is -0.394. The molecule has 0 atom stereocenters. The van der Waals surface area contributed by atoms with Gasteiger partial charge < -0.3 is 0 Å². The second kappa shape index (κ2) is 6.32. The number of hydrogen-bond donors (Lipinski definition) is 0. The molecular weight excluding hydrogens is 376 g/mol. The second-order valence-electron chi connectivity index (χ2n) is 8.63. The van der Waals surface area contributed by atoms with Crippen LogP contribution in [-0.4, -0.2) is 35.1 Å². The quantitative estimate of drug-likeness (QED) is 0.528. The third-order valence-electron chi connectivity index (χ3n) is 6.30. The van der Waals surface area contributed by atoms with Crippen molar-refractivity contribution in [3.8, 4) is 11.3 Å². The van der Waals surface area contributed by atoms with E-state index in [9.17, 15) is 4.79 Å². The van der Waals surface area contributed by atoms with Crippen LogP contribution in [-0.2, 0) is 30.1 Å². The molecule has 0 aliphatic heterocycles. The van der Waals surface area contributed by atoms with Crippen LogP contribution in [0, 0.1) is 13.8 Å². The molecule has 7 heteroatoms. The molecule has 1 aliphatic rings. The number of nitrogens with zero attached hydrogens (tertiary/aromatic N) is 6. The fourth-order valence-electron chi connectivity index (χ4n) is 4.47. The Balaban J connectivity index is 1.53. The second-order valence-corrected chi connectivity index (χ2v) is 8.63. The normalized spacial score (nSPS) is 15.2. The molecule has 0 unspecified atom stereocenters. The Morgan fingerprint density at radius 2 is 1.97 bits per heavy atom. The molecule has 4 aromatic rings. The van der Waals surface area contributed by atoms with Gasteiger partial charge in [-0.1, -0.05) is 18.2 Å². The predicted molar refractivity (Wildman–Crippen MR) is 113 cm³/mol. The molecule has 0 saturated carbocycles. The Bertz CT molecular complexity index is 1330. The molecule has 3 heterocycles. The van der Waals surface area contributed by atoms with Gasteiger partial charge in [-0.05, 0) is 44.4 Å². The van der Waals surface area contributed by atoms with Crippen LogP contribution in [0.1, 0.15) is 47.8 Å². The average molecular weight is 400 g/mol. The maximum absolute atomic E-state index is 12.3. The van der Waals surface area contributed by atoms with Crippen LogP contribution in [0.5, 0.6) is 0 Å². The van der Waals surface area contributed by atoms with E-state index >= 15 is 0 Å². The molecule has 0 bridgehead atoms. The number of Topliss-reactive ketones (excluding diaryl/α,β-unsaturated/α-hetero) is 1. The molecular formula is C23H24N6O. The first kappa shape index (κ1) is 18.7. The smallest absolute Gasteiger partial charge is 0.182 e. The summed E-state index contributed by atoms with van der Waals surface area (Å²) in [6.07, 6.45) is 4.67. The summed E-state index contributed by atoms with van der Waals surface area (Å²) in [6.45, 7) is 8.02. The number of hydrogen-bond acceptors (Lipinski definition) is 5. The minimum Gasteiger partial charge on any atom is -0.298 e. The SMILES string of the molecule is Cc1nn(C)c(C)c1-c1nccn2nc(Cc3ccc4c(c3)CC(=O)C4(C)C)nc12. The molecule has 7 nitrogen and oxygen atoms in total. The first-order valence-electron chi connectivity index (χ1n) is 10.1. The van der Waals surface area contributed by atoms with Crippen molar-refractivity contribution in [1.82, 2.24) is 29.4 Å². The maximum atomic E-state index is 12.3. The van der Waals surface area contributed by atoms with Gasteiger partial charge in [-0.3, -0.25) is 14.5 Å². The fraction of sp³-hybridized carbons (Fsp3) is 0.348. The zero-order chi connectivity index (χ0) is 21.2. The standard InChI is InChI=1S/C23H24N6O/c1-13-20(14(2)28(5)26-13)21-22-25-19(27-29(22)9-8-24-21)11-15-6-7-17-16(10-15)12-18(30)23(17,3)4/h6-10H,11-12H2,1-5H3. The lowest BCUT2D eigenvalue weighted by atomic mass is 9.85. The summed E-state index contributed by atoms with van der Waals surface area (Å²) in [4.78, 5) is 21.7. The van der Waals surface area contributed by atoms with Gasteiger partial charge >= 0.3 is 0 Å². The van der Waals surface area contributed by atoms with Gasteiger partial charge in [0.2, 0.25) is 0 Å². The number of fused-ring (bicyclic) bond motifs is 2. The number of carbonyl (C=O) groups excluding carboxylic acids is 1. The fourth-order valence-corrected chi connectivity index (χ4v) is 4.47. The lowest BCUT2D eigenvalue weighted by Crippen LogP contribution is -2.23. The number of benzene rings is 1. The van der Waals surface area contributed by atoms with Crippen molar-refractivity contribution in [3.63, 3.8) is 0 Å². The highest BCUT2D eigenvalue weighted by atomic mass is 16.1. The van der Waals surface area contributed by atoms with Crippen molar-refractivity contribution in [2.75, 3.05) is 0 Å². The summed E-state index contributed by atoms with van der Waals surface area (Å²) in [6, 6.07) is 6.29. The van der Waals surface area contributed by atoms with E-state index < -0.39 is 5.41 Å². The Labute approximate surface area is 174 Å². The zero-order valence-corrected chi connectivity index (χ0v) is 17.9. The van der Waals surface area contributed by atoms with Crippen molar-refractivity contribution >= 4 is 11.4 Å². The van der Waals surface area contributed by atoms with Gasteiger partial charge in [-0.2, -0.15) is 10.2 Å². The van der Waals surface area contributed by atoms with Crippen molar-refractivity contribution in [1.29, 1.82) is 0 Å². The number of aryl methyl sites for hydroxylation is 2. The van der Waals surface area contributed by atoms with E-state index in [0.717, 1.165) is 50.8 Å². The van der Waals surface area contributed by atoms with Crippen LogP contribution in [0.2, 0.25) is 0 Å².